The fourth-order valence-electron chi connectivity index (χ4n) is 3.41. The van der Waals surface area contributed by atoms with Gasteiger partial charge in [-0.1, -0.05) is 6.42 Å². The first kappa shape index (κ1) is 20.1. The van der Waals surface area contributed by atoms with Crippen molar-refractivity contribution in [1.29, 1.82) is 0 Å². The first-order valence-electron chi connectivity index (χ1n) is 9.33. The van der Waals surface area contributed by atoms with Crippen molar-refractivity contribution in [3.63, 3.8) is 0 Å². The molecule has 9 nitrogen and oxygen atoms in total. The molecule has 3 heterocycles. The van der Waals surface area contributed by atoms with Gasteiger partial charge >= 0.3 is 0 Å². The molecular weight excluding hydrogens is 409 g/mol. The number of rotatable bonds is 7. The molecular formula is C19H20FN7O2S. The SMILES string of the molecule is CS(=O)(=O)Nc1nccc(-c2cnc(NCC3(c4ncccc4F)CCC3)nc2)n1. The molecule has 30 heavy (non-hydrogen) atoms. The Hall–Kier alpha value is -3.21. The summed E-state index contributed by atoms with van der Waals surface area (Å²) in [6.45, 7) is 0.482. The van der Waals surface area contributed by atoms with Crippen molar-refractivity contribution in [1.82, 2.24) is 24.9 Å². The van der Waals surface area contributed by atoms with Gasteiger partial charge in [0.15, 0.2) is 0 Å². The highest BCUT2D eigenvalue weighted by Crippen LogP contribution is 2.43. The van der Waals surface area contributed by atoms with Gasteiger partial charge in [-0.05, 0) is 31.0 Å². The van der Waals surface area contributed by atoms with Crippen LogP contribution in [-0.4, -0.2) is 46.1 Å². The molecule has 4 rings (SSSR count). The van der Waals surface area contributed by atoms with Crippen LogP contribution in [0.3, 0.4) is 0 Å². The summed E-state index contributed by atoms with van der Waals surface area (Å²) in [5.74, 6) is 0.0870. The molecule has 11 heteroatoms. The van der Waals surface area contributed by atoms with Gasteiger partial charge in [-0.25, -0.2) is 32.7 Å². The monoisotopic (exact) mass is 429 g/mol. The third-order valence-corrected chi connectivity index (χ3v) is 5.59. The topological polar surface area (TPSA) is 123 Å². The van der Waals surface area contributed by atoms with Crippen LogP contribution in [0.15, 0.2) is 43.0 Å². The number of hydrogen-bond donors (Lipinski definition) is 2. The Balaban J connectivity index is 1.47. The lowest BCUT2D eigenvalue weighted by Crippen LogP contribution is -2.42. The van der Waals surface area contributed by atoms with E-state index in [4.69, 9.17) is 0 Å². The van der Waals surface area contributed by atoms with E-state index in [1.165, 1.54) is 12.3 Å². The molecule has 156 valence electrons. The highest BCUT2D eigenvalue weighted by Gasteiger charge is 2.41. The zero-order valence-corrected chi connectivity index (χ0v) is 17.0. The molecule has 0 unspecified atom stereocenters. The third-order valence-electron chi connectivity index (χ3n) is 5.04. The van der Waals surface area contributed by atoms with E-state index in [1.807, 2.05) is 0 Å². The molecule has 0 amide bonds. The summed E-state index contributed by atoms with van der Waals surface area (Å²) in [7, 11) is -3.48. The maximum absolute atomic E-state index is 14.2. The molecule has 0 bridgehead atoms. The molecule has 0 saturated heterocycles. The van der Waals surface area contributed by atoms with Crippen LogP contribution in [0.1, 0.15) is 25.0 Å². The van der Waals surface area contributed by atoms with Gasteiger partial charge in [0.1, 0.15) is 5.82 Å². The Morgan fingerprint density at radius 3 is 2.47 bits per heavy atom. The Morgan fingerprint density at radius 1 is 1.07 bits per heavy atom. The van der Waals surface area contributed by atoms with Gasteiger partial charge in [-0.3, -0.25) is 9.71 Å². The molecule has 0 spiro atoms. The zero-order valence-electron chi connectivity index (χ0n) is 16.2. The van der Waals surface area contributed by atoms with Crippen molar-refractivity contribution in [3.8, 4) is 11.3 Å². The highest BCUT2D eigenvalue weighted by molar-refractivity contribution is 7.91. The predicted octanol–water partition coefficient (Wildman–Crippen LogP) is 2.37. The Kier molecular flexibility index (Phi) is 5.29. The zero-order chi connectivity index (χ0) is 21.2. The maximum Gasteiger partial charge on any atom is 0.237 e. The third kappa shape index (κ3) is 4.35. The molecule has 1 fully saturated rings. The maximum atomic E-state index is 14.2. The number of sulfonamides is 1. The quantitative estimate of drug-likeness (QED) is 0.587. The van der Waals surface area contributed by atoms with Crippen LogP contribution >= 0.6 is 0 Å². The summed E-state index contributed by atoms with van der Waals surface area (Å²) >= 11 is 0. The average molecular weight is 429 g/mol. The number of nitrogens with one attached hydrogen (secondary N) is 2. The number of anilines is 2. The van der Waals surface area contributed by atoms with Gasteiger partial charge in [0.2, 0.25) is 21.9 Å². The van der Waals surface area contributed by atoms with Gasteiger partial charge in [0.25, 0.3) is 0 Å². The van der Waals surface area contributed by atoms with Gasteiger partial charge in [0, 0.05) is 42.3 Å². The minimum Gasteiger partial charge on any atom is -0.353 e. The van der Waals surface area contributed by atoms with E-state index in [0.29, 0.717) is 29.4 Å². The van der Waals surface area contributed by atoms with Crippen molar-refractivity contribution >= 4 is 21.9 Å². The van der Waals surface area contributed by atoms with Crippen LogP contribution in [0.2, 0.25) is 0 Å². The van der Waals surface area contributed by atoms with E-state index in [1.54, 1.807) is 30.7 Å². The average Bonchev–Trinajstić information content (AvgIpc) is 2.68. The Morgan fingerprint density at radius 2 is 1.83 bits per heavy atom. The first-order valence-corrected chi connectivity index (χ1v) is 11.2. The van der Waals surface area contributed by atoms with Gasteiger partial charge in [-0.15, -0.1) is 0 Å². The summed E-state index contributed by atoms with van der Waals surface area (Å²) in [4.78, 5) is 20.9. The summed E-state index contributed by atoms with van der Waals surface area (Å²) in [5, 5.41) is 3.18. The second-order valence-corrected chi connectivity index (χ2v) is 9.00. The number of pyridine rings is 1. The smallest absolute Gasteiger partial charge is 0.237 e. The number of halogens is 1. The van der Waals surface area contributed by atoms with Crippen molar-refractivity contribution < 1.29 is 12.8 Å². The molecule has 0 atom stereocenters. The Labute approximate surface area is 173 Å². The lowest BCUT2D eigenvalue weighted by Gasteiger charge is -2.41. The lowest BCUT2D eigenvalue weighted by molar-refractivity contribution is 0.243. The lowest BCUT2D eigenvalue weighted by atomic mass is 9.66. The van der Waals surface area contributed by atoms with Crippen LogP contribution < -0.4 is 10.0 Å². The molecule has 0 radical (unpaired) electrons. The highest BCUT2D eigenvalue weighted by atomic mass is 32.2. The molecule has 1 aliphatic carbocycles. The number of hydrogen-bond acceptors (Lipinski definition) is 8. The van der Waals surface area contributed by atoms with Crippen LogP contribution in [0.25, 0.3) is 11.3 Å². The summed E-state index contributed by atoms with van der Waals surface area (Å²) in [5.41, 5.74) is 1.21. The fourth-order valence-corrected chi connectivity index (χ4v) is 3.84. The van der Waals surface area contributed by atoms with Crippen molar-refractivity contribution in [3.05, 3.63) is 54.5 Å². The Bertz CT molecular complexity index is 1150. The number of nitrogens with zero attached hydrogens (tertiary/aromatic N) is 5. The summed E-state index contributed by atoms with van der Waals surface area (Å²) < 4.78 is 39.2. The fraction of sp³-hybridized carbons (Fsp3) is 0.316. The predicted molar refractivity (Wildman–Crippen MR) is 110 cm³/mol. The normalized spacial score (nSPS) is 15.3. The number of aromatic nitrogens is 5. The molecule has 3 aromatic rings. The minimum atomic E-state index is -3.48. The van der Waals surface area contributed by atoms with Crippen LogP contribution in [0.5, 0.6) is 0 Å². The van der Waals surface area contributed by atoms with E-state index in [9.17, 15) is 12.8 Å². The van der Waals surface area contributed by atoms with E-state index in [2.05, 4.69) is 35.0 Å². The van der Waals surface area contributed by atoms with Gasteiger partial charge in [-0.2, -0.15) is 0 Å². The van der Waals surface area contributed by atoms with E-state index >= 15 is 0 Å². The summed E-state index contributed by atoms with van der Waals surface area (Å²) in [6, 6.07) is 4.65. The van der Waals surface area contributed by atoms with Crippen molar-refractivity contribution in [2.45, 2.75) is 24.7 Å². The molecule has 1 saturated carbocycles. The molecule has 0 aliphatic heterocycles. The molecule has 3 aromatic heterocycles. The second-order valence-electron chi connectivity index (χ2n) is 7.26. The summed E-state index contributed by atoms with van der Waals surface area (Å²) in [6.07, 6.45) is 9.97. The van der Waals surface area contributed by atoms with E-state index in [0.717, 1.165) is 25.5 Å². The largest absolute Gasteiger partial charge is 0.353 e. The first-order chi connectivity index (χ1) is 14.3. The van der Waals surface area contributed by atoms with Gasteiger partial charge < -0.3 is 5.32 Å². The van der Waals surface area contributed by atoms with Crippen molar-refractivity contribution in [2.24, 2.45) is 0 Å². The van der Waals surface area contributed by atoms with E-state index < -0.39 is 10.0 Å². The van der Waals surface area contributed by atoms with Crippen LogP contribution in [-0.2, 0) is 15.4 Å². The van der Waals surface area contributed by atoms with Crippen LogP contribution in [0, 0.1) is 5.82 Å². The standard InChI is InChI=1S/C19H20FN7O2S/c1-30(28,29)27-18-22-9-5-15(26-18)13-10-23-17(24-11-13)25-12-19(6-3-7-19)16-14(20)4-2-8-21-16/h2,4-5,8-11H,3,6-7,12H2,1H3,(H,22,26,27)(H,23,24,25). The molecule has 0 aromatic carbocycles. The molecule has 1 aliphatic rings. The minimum absolute atomic E-state index is 0.0264. The second kappa shape index (κ2) is 7.90. The van der Waals surface area contributed by atoms with Crippen molar-refractivity contribution in [2.75, 3.05) is 22.8 Å². The van der Waals surface area contributed by atoms with Crippen LogP contribution in [0.4, 0.5) is 16.3 Å². The van der Waals surface area contributed by atoms with E-state index in [-0.39, 0.29) is 17.2 Å². The molecule has 2 N–H and O–H groups in total. The van der Waals surface area contributed by atoms with Gasteiger partial charge in [0.05, 0.1) is 17.6 Å².